The van der Waals surface area contributed by atoms with Crippen molar-refractivity contribution >= 4 is 40.4 Å². The number of dihydropyridines is 1. The van der Waals surface area contributed by atoms with E-state index in [1.165, 1.54) is 29.7 Å². The summed E-state index contributed by atoms with van der Waals surface area (Å²) in [6.45, 7) is 0.120. The van der Waals surface area contributed by atoms with E-state index >= 15 is 0 Å². The van der Waals surface area contributed by atoms with Gasteiger partial charge in [0, 0.05) is 30.1 Å². The van der Waals surface area contributed by atoms with Crippen LogP contribution in [-0.2, 0) is 27.3 Å². The SMILES string of the molecule is O=C(CCc1csc(NC(=O)C2C=CC=NC2=O)n1)NCc1ccccc1F. The number of carbonyl (C=O) groups excluding carboxylic acids is 3. The first kappa shape index (κ1) is 19.6. The molecule has 2 heterocycles. The van der Waals surface area contributed by atoms with Gasteiger partial charge in [0.25, 0.3) is 5.91 Å². The average Bonchev–Trinajstić information content (AvgIpc) is 3.13. The van der Waals surface area contributed by atoms with Crippen LogP contribution in [0, 0.1) is 11.7 Å². The van der Waals surface area contributed by atoms with Crippen molar-refractivity contribution in [3.05, 3.63) is 58.9 Å². The van der Waals surface area contributed by atoms with Crippen molar-refractivity contribution in [2.75, 3.05) is 5.32 Å². The van der Waals surface area contributed by atoms with E-state index in [0.29, 0.717) is 22.8 Å². The molecule has 0 saturated carbocycles. The summed E-state index contributed by atoms with van der Waals surface area (Å²) in [4.78, 5) is 43.5. The normalized spacial score (nSPS) is 15.5. The van der Waals surface area contributed by atoms with E-state index in [9.17, 15) is 18.8 Å². The van der Waals surface area contributed by atoms with E-state index < -0.39 is 17.7 Å². The summed E-state index contributed by atoms with van der Waals surface area (Å²) in [6.07, 6.45) is 4.91. The number of nitrogens with zero attached hydrogens (tertiary/aromatic N) is 2. The summed E-state index contributed by atoms with van der Waals surface area (Å²) in [6, 6.07) is 6.25. The Morgan fingerprint density at radius 1 is 1.25 bits per heavy atom. The second kappa shape index (κ2) is 9.14. The molecule has 1 aromatic heterocycles. The van der Waals surface area contributed by atoms with Crippen LogP contribution in [0.2, 0.25) is 0 Å². The predicted octanol–water partition coefficient (Wildman–Crippen LogP) is 2.25. The van der Waals surface area contributed by atoms with Crippen molar-refractivity contribution in [1.82, 2.24) is 10.3 Å². The zero-order chi connectivity index (χ0) is 19.9. The van der Waals surface area contributed by atoms with Gasteiger partial charge in [-0.3, -0.25) is 14.4 Å². The molecule has 3 amide bonds. The molecule has 0 radical (unpaired) electrons. The number of anilines is 1. The van der Waals surface area contributed by atoms with Crippen molar-refractivity contribution in [2.45, 2.75) is 19.4 Å². The number of aromatic nitrogens is 1. The lowest BCUT2D eigenvalue weighted by Crippen LogP contribution is -2.28. The molecule has 1 aliphatic rings. The number of thiazole rings is 1. The molecule has 2 aromatic rings. The zero-order valence-corrected chi connectivity index (χ0v) is 15.5. The molecule has 9 heteroatoms. The number of hydrogen-bond acceptors (Lipinski definition) is 5. The third-order valence-corrected chi connectivity index (χ3v) is 4.77. The molecule has 0 saturated heterocycles. The number of aliphatic imine (C=N–C) groups is 1. The lowest BCUT2D eigenvalue weighted by molar-refractivity contribution is -0.128. The molecule has 0 fully saturated rings. The molecule has 0 bridgehead atoms. The van der Waals surface area contributed by atoms with Gasteiger partial charge in [-0.05, 0) is 18.6 Å². The highest BCUT2D eigenvalue weighted by Crippen LogP contribution is 2.18. The Hall–Kier alpha value is -3.20. The van der Waals surface area contributed by atoms with Crippen LogP contribution in [0.4, 0.5) is 9.52 Å². The third-order valence-electron chi connectivity index (χ3n) is 3.96. The van der Waals surface area contributed by atoms with Crippen molar-refractivity contribution in [1.29, 1.82) is 0 Å². The topological polar surface area (TPSA) is 101 Å². The lowest BCUT2D eigenvalue weighted by atomic mass is 10.1. The van der Waals surface area contributed by atoms with Crippen molar-refractivity contribution in [2.24, 2.45) is 10.9 Å². The van der Waals surface area contributed by atoms with Crippen LogP contribution in [0.5, 0.6) is 0 Å². The van der Waals surface area contributed by atoms with Crippen LogP contribution >= 0.6 is 11.3 Å². The Morgan fingerprint density at radius 2 is 2.07 bits per heavy atom. The highest BCUT2D eigenvalue weighted by atomic mass is 32.1. The van der Waals surface area contributed by atoms with E-state index in [2.05, 4.69) is 20.6 Å². The Kier molecular flexibility index (Phi) is 6.38. The number of aryl methyl sites for hydroxylation is 1. The highest BCUT2D eigenvalue weighted by molar-refractivity contribution is 7.13. The number of carbonyl (C=O) groups is 3. The van der Waals surface area contributed by atoms with Crippen molar-refractivity contribution < 1.29 is 18.8 Å². The maximum atomic E-state index is 13.5. The monoisotopic (exact) mass is 400 g/mol. The molecule has 0 aliphatic carbocycles. The summed E-state index contributed by atoms with van der Waals surface area (Å²) in [5, 5.41) is 7.33. The molecule has 2 N–H and O–H groups in total. The second-order valence-corrected chi connectivity index (χ2v) is 6.84. The highest BCUT2D eigenvalue weighted by Gasteiger charge is 2.25. The van der Waals surface area contributed by atoms with Gasteiger partial charge < -0.3 is 10.6 Å². The van der Waals surface area contributed by atoms with Gasteiger partial charge >= 0.3 is 0 Å². The van der Waals surface area contributed by atoms with Gasteiger partial charge in [0.2, 0.25) is 11.8 Å². The van der Waals surface area contributed by atoms with Gasteiger partial charge in [0.15, 0.2) is 5.13 Å². The Morgan fingerprint density at radius 3 is 2.86 bits per heavy atom. The molecule has 28 heavy (non-hydrogen) atoms. The average molecular weight is 400 g/mol. The molecule has 1 aliphatic heterocycles. The van der Waals surface area contributed by atoms with E-state index in [4.69, 9.17) is 0 Å². The molecule has 3 rings (SSSR count). The zero-order valence-electron chi connectivity index (χ0n) is 14.7. The molecule has 1 aromatic carbocycles. The minimum Gasteiger partial charge on any atom is -0.352 e. The standard InChI is InChI=1S/C19H17FN4O3S/c20-15-6-2-1-4-12(15)10-22-16(25)8-7-13-11-28-19(23-13)24-18(27)14-5-3-9-21-17(14)26/h1-6,9,11,14H,7-8,10H2,(H,22,25)(H,23,24,27). The molecule has 7 nitrogen and oxygen atoms in total. The number of halogens is 1. The maximum absolute atomic E-state index is 13.5. The largest absolute Gasteiger partial charge is 0.352 e. The fraction of sp³-hybridized carbons (Fsp3) is 0.211. The van der Waals surface area contributed by atoms with Crippen LogP contribution in [0.3, 0.4) is 0 Å². The number of allylic oxidation sites excluding steroid dienone is 1. The summed E-state index contributed by atoms with van der Waals surface area (Å²) < 4.78 is 13.5. The molecule has 1 atom stereocenters. The van der Waals surface area contributed by atoms with Crippen LogP contribution in [-0.4, -0.2) is 28.9 Å². The van der Waals surface area contributed by atoms with Gasteiger partial charge in [-0.15, -0.1) is 11.3 Å². The van der Waals surface area contributed by atoms with Crippen molar-refractivity contribution in [3.8, 4) is 0 Å². The summed E-state index contributed by atoms with van der Waals surface area (Å²) in [5.41, 5.74) is 1.06. The third kappa shape index (κ3) is 5.17. The first-order valence-corrected chi connectivity index (χ1v) is 9.41. The molecular formula is C19H17FN4O3S. The smallest absolute Gasteiger partial charge is 0.262 e. The Bertz CT molecular complexity index is 954. The Labute approximate surface area is 164 Å². The van der Waals surface area contributed by atoms with Crippen LogP contribution in [0.15, 0.2) is 46.8 Å². The molecule has 0 spiro atoms. The lowest BCUT2D eigenvalue weighted by Gasteiger charge is -2.09. The number of benzene rings is 1. The van der Waals surface area contributed by atoms with E-state index in [-0.39, 0.29) is 24.7 Å². The molecular weight excluding hydrogens is 383 g/mol. The van der Waals surface area contributed by atoms with E-state index in [1.807, 2.05) is 0 Å². The molecule has 1 unspecified atom stereocenters. The quantitative estimate of drug-likeness (QED) is 0.696. The van der Waals surface area contributed by atoms with Gasteiger partial charge in [0.05, 0.1) is 5.69 Å². The van der Waals surface area contributed by atoms with E-state index in [0.717, 1.165) is 0 Å². The summed E-state index contributed by atoms with van der Waals surface area (Å²) in [7, 11) is 0. The minimum absolute atomic E-state index is 0.120. The Balaban J connectivity index is 1.45. The maximum Gasteiger partial charge on any atom is 0.262 e. The van der Waals surface area contributed by atoms with Gasteiger partial charge in [-0.2, -0.15) is 0 Å². The molecule has 144 valence electrons. The summed E-state index contributed by atoms with van der Waals surface area (Å²) in [5.74, 6) is -2.57. The predicted molar refractivity (Wildman–Crippen MR) is 103 cm³/mol. The van der Waals surface area contributed by atoms with Crippen molar-refractivity contribution in [3.63, 3.8) is 0 Å². The number of rotatable bonds is 7. The van der Waals surface area contributed by atoms with E-state index in [1.54, 1.807) is 29.7 Å². The van der Waals surface area contributed by atoms with Gasteiger partial charge in [-0.1, -0.05) is 24.3 Å². The first-order valence-electron chi connectivity index (χ1n) is 8.53. The summed E-state index contributed by atoms with van der Waals surface area (Å²) >= 11 is 1.21. The van der Waals surface area contributed by atoms with Gasteiger partial charge in [-0.25, -0.2) is 14.4 Å². The van der Waals surface area contributed by atoms with Crippen LogP contribution in [0.1, 0.15) is 17.7 Å². The number of nitrogens with one attached hydrogen (secondary N) is 2. The number of hydrogen-bond donors (Lipinski definition) is 2. The second-order valence-electron chi connectivity index (χ2n) is 5.98. The fourth-order valence-electron chi connectivity index (χ4n) is 2.47. The fourth-order valence-corrected chi connectivity index (χ4v) is 3.22. The van der Waals surface area contributed by atoms with Gasteiger partial charge in [0.1, 0.15) is 11.7 Å². The van der Waals surface area contributed by atoms with Crippen LogP contribution in [0.25, 0.3) is 0 Å². The first-order chi connectivity index (χ1) is 13.5. The van der Waals surface area contributed by atoms with Crippen LogP contribution < -0.4 is 10.6 Å². The minimum atomic E-state index is -0.957. The number of amides is 3.